The second kappa shape index (κ2) is 8.14. The quantitative estimate of drug-likeness (QED) is 0.649. The summed E-state index contributed by atoms with van der Waals surface area (Å²) in [6.07, 6.45) is -2.89. The molecule has 3 rings (SSSR count). The first kappa shape index (κ1) is 20.7. The Labute approximate surface area is 166 Å². The van der Waals surface area contributed by atoms with E-state index in [4.69, 9.17) is 0 Å². The van der Waals surface area contributed by atoms with Crippen molar-refractivity contribution >= 4 is 23.2 Å². The maximum Gasteiger partial charge on any atom is 0.418 e. The van der Waals surface area contributed by atoms with Crippen LogP contribution >= 0.6 is 0 Å². The van der Waals surface area contributed by atoms with E-state index in [0.717, 1.165) is 11.6 Å². The first-order valence-electron chi connectivity index (χ1n) is 9.35. The van der Waals surface area contributed by atoms with Gasteiger partial charge in [0.15, 0.2) is 0 Å². The molecule has 5 nitrogen and oxygen atoms in total. The van der Waals surface area contributed by atoms with Crippen molar-refractivity contribution in [2.45, 2.75) is 44.4 Å². The molecule has 1 saturated carbocycles. The number of hydrogen-bond donors (Lipinski definition) is 3. The predicted molar refractivity (Wildman–Crippen MR) is 103 cm³/mol. The Bertz CT molecular complexity index is 891. The molecule has 0 atom stereocenters. The van der Waals surface area contributed by atoms with Gasteiger partial charge < -0.3 is 16.0 Å². The number of rotatable bonds is 7. The van der Waals surface area contributed by atoms with Crippen molar-refractivity contribution < 1.29 is 22.8 Å². The number of benzene rings is 2. The summed E-state index contributed by atoms with van der Waals surface area (Å²) in [6, 6.07) is 12.0. The van der Waals surface area contributed by atoms with Gasteiger partial charge in [0.2, 0.25) is 11.8 Å². The summed E-state index contributed by atoms with van der Waals surface area (Å²) < 4.78 is 39.3. The van der Waals surface area contributed by atoms with E-state index in [0.29, 0.717) is 24.9 Å². The van der Waals surface area contributed by atoms with E-state index in [-0.39, 0.29) is 24.0 Å². The fourth-order valence-corrected chi connectivity index (χ4v) is 2.94. The van der Waals surface area contributed by atoms with Gasteiger partial charge in [0.05, 0.1) is 11.3 Å². The number of carbonyl (C=O) groups is 2. The minimum absolute atomic E-state index is 0.0246. The van der Waals surface area contributed by atoms with Crippen molar-refractivity contribution in [2.24, 2.45) is 0 Å². The molecule has 0 saturated heterocycles. The Morgan fingerprint density at radius 2 is 1.69 bits per heavy atom. The van der Waals surface area contributed by atoms with Crippen LogP contribution in [0.1, 0.15) is 37.3 Å². The summed E-state index contributed by atoms with van der Waals surface area (Å²) in [5.74, 6) is -0.382. The molecular formula is C21H22F3N3O2. The van der Waals surface area contributed by atoms with Gasteiger partial charge in [0.1, 0.15) is 5.54 Å². The first-order chi connectivity index (χ1) is 13.7. The molecule has 154 valence electrons. The van der Waals surface area contributed by atoms with Gasteiger partial charge in [-0.3, -0.25) is 9.59 Å². The lowest BCUT2D eigenvalue weighted by atomic mass is 10.1. The zero-order valence-electron chi connectivity index (χ0n) is 15.9. The maximum atomic E-state index is 13.1. The number of anilines is 2. The van der Waals surface area contributed by atoms with Crippen molar-refractivity contribution in [2.75, 3.05) is 5.32 Å². The Kier molecular flexibility index (Phi) is 5.81. The zero-order valence-corrected chi connectivity index (χ0v) is 15.9. The summed E-state index contributed by atoms with van der Waals surface area (Å²) in [4.78, 5) is 23.9. The standard InChI is InChI=1S/C21H22F3N3O2/c1-2-18(28)27-20(11-12-20)19(29)25-13-14-7-9-15(10-8-14)26-17-6-4-3-5-16(17)21(22,23)24/h3-10,26H,2,11-13H2,1H3,(H,25,29)(H,27,28). The third kappa shape index (κ3) is 5.07. The molecule has 0 aromatic heterocycles. The molecule has 0 radical (unpaired) electrons. The highest BCUT2D eigenvalue weighted by atomic mass is 19.4. The normalized spacial score (nSPS) is 14.8. The molecule has 1 aliphatic rings. The summed E-state index contributed by atoms with van der Waals surface area (Å²) >= 11 is 0. The number of nitrogens with one attached hydrogen (secondary N) is 3. The van der Waals surface area contributed by atoms with E-state index in [1.54, 1.807) is 31.2 Å². The molecule has 2 aromatic rings. The molecule has 0 heterocycles. The van der Waals surface area contributed by atoms with Gasteiger partial charge in [-0.25, -0.2) is 0 Å². The van der Waals surface area contributed by atoms with Crippen molar-refractivity contribution in [3.05, 3.63) is 59.7 Å². The largest absolute Gasteiger partial charge is 0.418 e. The van der Waals surface area contributed by atoms with Crippen molar-refractivity contribution in [1.82, 2.24) is 10.6 Å². The monoisotopic (exact) mass is 405 g/mol. The molecule has 2 amide bonds. The third-order valence-corrected chi connectivity index (χ3v) is 4.80. The highest BCUT2D eigenvalue weighted by molar-refractivity contribution is 5.94. The highest BCUT2D eigenvalue weighted by Gasteiger charge is 2.50. The van der Waals surface area contributed by atoms with Crippen LogP contribution in [0.2, 0.25) is 0 Å². The molecule has 3 N–H and O–H groups in total. The Balaban J connectivity index is 1.59. The van der Waals surface area contributed by atoms with Crippen molar-refractivity contribution in [1.29, 1.82) is 0 Å². The SMILES string of the molecule is CCC(=O)NC1(C(=O)NCc2ccc(Nc3ccccc3C(F)(F)F)cc2)CC1. The molecule has 1 aliphatic carbocycles. The summed E-state index contributed by atoms with van der Waals surface area (Å²) in [5.41, 5.74) is -0.254. The van der Waals surface area contributed by atoms with Gasteiger partial charge in [-0.1, -0.05) is 31.2 Å². The van der Waals surface area contributed by atoms with Crippen LogP contribution in [0.3, 0.4) is 0 Å². The number of amides is 2. The number of hydrogen-bond acceptors (Lipinski definition) is 3. The molecule has 29 heavy (non-hydrogen) atoms. The Morgan fingerprint density at radius 1 is 1.03 bits per heavy atom. The van der Waals surface area contributed by atoms with Crippen LogP contribution < -0.4 is 16.0 Å². The van der Waals surface area contributed by atoms with Crippen molar-refractivity contribution in [3.63, 3.8) is 0 Å². The molecular weight excluding hydrogens is 383 g/mol. The topological polar surface area (TPSA) is 70.2 Å². The van der Waals surface area contributed by atoms with Crippen LogP contribution in [-0.2, 0) is 22.3 Å². The van der Waals surface area contributed by atoms with Gasteiger partial charge in [0, 0.05) is 18.7 Å². The van der Waals surface area contributed by atoms with Crippen molar-refractivity contribution in [3.8, 4) is 0 Å². The molecule has 2 aromatic carbocycles. The van der Waals surface area contributed by atoms with Crippen LogP contribution in [0, 0.1) is 0 Å². The van der Waals surface area contributed by atoms with E-state index in [1.807, 2.05) is 0 Å². The van der Waals surface area contributed by atoms with Crippen LogP contribution in [-0.4, -0.2) is 17.4 Å². The maximum absolute atomic E-state index is 13.1. The zero-order chi connectivity index (χ0) is 21.1. The smallest absolute Gasteiger partial charge is 0.355 e. The van der Waals surface area contributed by atoms with Crippen LogP contribution in [0.15, 0.2) is 48.5 Å². The lowest BCUT2D eigenvalue weighted by molar-refractivity contribution is -0.137. The number of para-hydroxylation sites is 1. The number of carbonyl (C=O) groups excluding carboxylic acids is 2. The molecule has 8 heteroatoms. The van der Waals surface area contributed by atoms with Crippen LogP contribution in [0.4, 0.5) is 24.5 Å². The van der Waals surface area contributed by atoms with Crippen LogP contribution in [0.25, 0.3) is 0 Å². The molecule has 0 spiro atoms. The number of halogens is 3. The van der Waals surface area contributed by atoms with E-state index >= 15 is 0 Å². The third-order valence-electron chi connectivity index (χ3n) is 4.80. The summed E-state index contributed by atoms with van der Waals surface area (Å²) in [5, 5.41) is 8.34. The van der Waals surface area contributed by atoms with Gasteiger partial charge in [0.25, 0.3) is 0 Å². The fraction of sp³-hybridized carbons (Fsp3) is 0.333. The minimum Gasteiger partial charge on any atom is -0.355 e. The average molecular weight is 405 g/mol. The summed E-state index contributed by atoms with van der Waals surface area (Å²) in [7, 11) is 0. The van der Waals surface area contributed by atoms with Gasteiger partial charge in [-0.2, -0.15) is 13.2 Å². The molecule has 0 aliphatic heterocycles. The predicted octanol–water partition coefficient (Wildman–Crippen LogP) is 4.12. The fourth-order valence-electron chi connectivity index (χ4n) is 2.94. The van der Waals surface area contributed by atoms with E-state index in [9.17, 15) is 22.8 Å². The molecule has 0 bridgehead atoms. The Morgan fingerprint density at radius 3 is 2.28 bits per heavy atom. The molecule has 0 unspecified atom stereocenters. The minimum atomic E-state index is -4.44. The second-order valence-corrected chi connectivity index (χ2v) is 7.03. The number of alkyl halides is 3. The van der Waals surface area contributed by atoms with Crippen LogP contribution in [0.5, 0.6) is 0 Å². The molecule has 1 fully saturated rings. The van der Waals surface area contributed by atoms with Gasteiger partial charge in [-0.05, 0) is 42.7 Å². The lowest BCUT2D eigenvalue weighted by Crippen LogP contribution is -2.48. The first-order valence-corrected chi connectivity index (χ1v) is 9.35. The van der Waals surface area contributed by atoms with E-state index < -0.39 is 17.3 Å². The highest BCUT2D eigenvalue weighted by Crippen LogP contribution is 2.36. The second-order valence-electron chi connectivity index (χ2n) is 7.03. The van der Waals surface area contributed by atoms with E-state index in [1.165, 1.54) is 18.2 Å². The summed E-state index contributed by atoms with van der Waals surface area (Å²) in [6.45, 7) is 1.99. The van der Waals surface area contributed by atoms with Gasteiger partial charge >= 0.3 is 6.18 Å². The average Bonchev–Trinajstić information content (AvgIpc) is 3.47. The lowest BCUT2D eigenvalue weighted by Gasteiger charge is -2.17. The Hall–Kier alpha value is -3.03. The van der Waals surface area contributed by atoms with Gasteiger partial charge in [-0.15, -0.1) is 0 Å². The van der Waals surface area contributed by atoms with E-state index in [2.05, 4.69) is 16.0 Å².